The number of para-hydroxylation sites is 1. The third kappa shape index (κ3) is 2.78. The van der Waals surface area contributed by atoms with Crippen LogP contribution in [0.15, 0.2) is 18.2 Å². The number of nitrogens with two attached hydrogens (primary N) is 1. The van der Waals surface area contributed by atoms with Crippen LogP contribution in [0.25, 0.3) is 0 Å². The van der Waals surface area contributed by atoms with Gasteiger partial charge in [0.05, 0.1) is 7.11 Å². The first kappa shape index (κ1) is 12.4. The van der Waals surface area contributed by atoms with Crippen LogP contribution >= 0.6 is 0 Å². The van der Waals surface area contributed by atoms with E-state index in [9.17, 15) is 4.39 Å². The molecular formula is C14H20FNO. The molecule has 0 spiro atoms. The van der Waals surface area contributed by atoms with Crippen LogP contribution < -0.4 is 10.5 Å². The quantitative estimate of drug-likeness (QED) is 0.853. The number of benzene rings is 1. The van der Waals surface area contributed by atoms with Crippen LogP contribution in [0.4, 0.5) is 4.39 Å². The zero-order valence-corrected chi connectivity index (χ0v) is 10.5. The highest BCUT2D eigenvalue weighted by Gasteiger charge is 2.37. The normalized spacial score (nSPS) is 18.8. The summed E-state index contributed by atoms with van der Waals surface area (Å²) in [5.41, 5.74) is 7.79. The summed E-state index contributed by atoms with van der Waals surface area (Å²) in [4.78, 5) is 0. The van der Waals surface area contributed by atoms with Crippen molar-refractivity contribution in [2.24, 2.45) is 5.73 Å². The van der Waals surface area contributed by atoms with Gasteiger partial charge in [0.1, 0.15) is 11.9 Å². The van der Waals surface area contributed by atoms with E-state index in [2.05, 4.69) is 0 Å². The van der Waals surface area contributed by atoms with Crippen LogP contribution in [0, 0.1) is 0 Å². The van der Waals surface area contributed by atoms with Gasteiger partial charge >= 0.3 is 0 Å². The summed E-state index contributed by atoms with van der Waals surface area (Å²) in [6, 6.07) is 5.66. The number of methoxy groups -OCH3 is 1. The fourth-order valence-electron chi connectivity index (χ4n) is 2.16. The Morgan fingerprint density at radius 3 is 2.71 bits per heavy atom. The van der Waals surface area contributed by atoms with Crippen LogP contribution in [0.5, 0.6) is 5.75 Å². The Labute approximate surface area is 102 Å². The van der Waals surface area contributed by atoms with E-state index < -0.39 is 6.17 Å². The standard InChI is InChI=1S/C14H20FNO/c1-10(15)12-5-3-4-11(13(12)17-2)6-7-14(16)8-9-14/h3-5,10H,6-9,16H2,1-2H3. The number of rotatable bonds is 5. The van der Waals surface area contributed by atoms with Gasteiger partial charge in [-0.2, -0.15) is 0 Å². The molecule has 0 heterocycles. The Kier molecular flexibility index (Phi) is 3.38. The Bertz CT molecular complexity index is 399. The van der Waals surface area contributed by atoms with Crippen molar-refractivity contribution in [1.82, 2.24) is 0 Å². The van der Waals surface area contributed by atoms with Crippen molar-refractivity contribution < 1.29 is 9.13 Å². The van der Waals surface area contributed by atoms with Gasteiger partial charge in [0, 0.05) is 11.1 Å². The summed E-state index contributed by atoms with van der Waals surface area (Å²) in [7, 11) is 1.60. The summed E-state index contributed by atoms with van der Waals surface area (Å²) < 4.78 is 18.8. The molecule has 1 aromatic rings. The molecule has 0 aromatic heterocycles. The Morgan fingerprint density at radius 2 is 2.18 bits per heavy atom. The van der Waals surface area contributed by atoms with E-state index in [4.69, 9.17) is 10.5 Å². The summed E-state index contributed by atoms with van der Waals surface area (Å²) in [6.45, 7) is 1.53. The van der Waals surface area contributed by atoms with E-state index in [1.165, 1.54) is 6.92 Å². The predicted molar refractivity (Wildman–Crippen MR) is 67.0 cm³/mol. The van der Waals surface area contributed by atoms with Gasteiger partial charge in [-0.15, -0.1) is 0 Å². The van der Waals surface area contributed by atoms with Crippen LogP contribution in [-0.2, 0) is 6.42 Å². The zero-order chi connectivity index (χ0) is 12.5. The number of alkyl halides is 1. The van der Waals surface area contributed by atoms with Crippen molar-refractivity contribution >= 4 is 0 Å². The first-order valence-corrected chi connectivity index (χ1v) is 6.14. The molecule has 0 radical (unpaired) electrons. The lowest BCUT2D eigenvalue weighted by Gasteiger charge is -2.15. The van der Waals surface area contributed by atoms with Gasteiger partial charge in [0.25, 0.3) is 0 Å². The van der Waals surface area contributed by atoms with Crippen molar-refractivity contribution in [3.8, 4) is 5.75 Å². The monoisotopic (exact) mass is 237 g/mol. The molecule has 1 aliphatic rings. The maximum absolute atomic E-state index is 13.4. The molecular weight excluding hydrogens is 217 g/mol. The molecule has 1 unspecified atom stereocenters. The predicted octanol–water partition coefficient (Wildman–Crippen LogP) is 3.15. The van der Waals surface area contributed by atoms with E-state index >= 15 is 0 Å². The van der Waals surface area contributed by atoms with Crippen molar-refractivity contribution in [2.45, 2.75) is 44.3 Å². The van der Waals surface area contributed by atoms with Crippen molar-refractivity contribution in [1.29, 1.82) is 0 Å². The molecule has 2 N–H and O–H groups in total. The first-order valence-electron chi connectivity index (χ1n) is 6.14. The van der Waals surface area contributed by atoms with E-state index in [-0.39, 0.29) is 5.54 Å². The van der Waals surface area contributed by atoms with Gasteiger partial charge in [-0.3, -0.25) is 0 Å². The molecule has 2 nitrogen and oxygen atoms in total. The van der Waals surface area contributed by atoms with E-state index in [1.807, 2.05) is 12.1 Å². The third-order valence-corrected chi connectivity index (χ3v) is 3.54. The van der Waals surface area contributed by atoms with E-state index in [0.717, 1.165) is 31.2 Å². The number of hydrogen-bond donors (Lipinski definition) is 1. The van der Waals surface area contributed by atoms with Gasteiger partial charge in [0.2, 0.25) is 0 Å². The molecule has 17 heavy (non-hydrogen) atoms. The molecule has 2 rings (SSSR count). The van der Waals surface area contributed by atoms with E-state index in [1.54, 1.807) is 13.2 Å². The topological polar surface area (TPSA) is 35.2 Å². The van der Waals surface area contributed by atoms with Gasteiger partial charge < -0.3 is 10.5 Å². The lowest BCUT2D eigenvalue weighted by atomic mass is 9.99. The van der Waals surface area contributed by atoms with Crippen molar-refractivity contribution in [3.05, 3.63) is 29.3 Å². The smallest absolute Gasteiger partial charge is 0.128 e. The van der Waals surface area contributed by atoms with Crippen molar-refractivity contribution in [2.75, 3.05) is 7.11 Å². The summed E-state index contributed by atoms with van der Waals surface area (Å²) in [5, 5.41) is 0. The fraction of sp³-hybridized carbons (Fsp3) is 0.571. The Balaban J connectivity index is 2.17. The highest BCUT2D eigenvalue weighted by atomic mass is 19.1. The maximum atomic E-state index is 13.4. The molecule has 1 saturated carbocycles. The average Bonchev–Trinajstić information content (AvgIpc) is 3.04. The molecule has 0 bridgehead atoms. The molecule has 1 aromatic carbocycles. The molecule has 1 aliphatic carbocycles. The zero-order valence-electron chi connectivity index (χ0n) is 10.5. The van der Waals surface area contributed by atoms with Crippen LogP contribution in [0.1, 0.15) is 43.5 Å². The van der Waals surface area contributed by atoms with Crippen LogP contribution in [0.3, 0.4) is 0 Å². The molecule has 1 atom stereocenters. The minimum atomic E-state index is -1.00. The summed E-state index contributed by atoms with van der Waals surface area (Å²) in [6.07, 6.45) is 3.02. The van der Waals surface area contributed by atoms with Gasteiger partial charge in [-0.25, -0.2) is 4.39 Å². The molecule has 0 aliphatic heterocycles. The highest BCUT2D eigenvalue weighted by molar-refractivity contribution is 5.43. The third-order valence-electron chi connectivity index (χ3n) is 3.54. The number of ether oxygens (including phenoxy) is 1. The van der Waals surface area contributed by atoms with Crippen LogP contribution in [-0.4, -0.2) is 12.6 Å². The highest BCUT2D eigenvalue weighted by Crippen LogP contribution is 2.38. The summed E-state index contributed by atoms with van der Waals surface area (Å²) in [5.74, 6) is 0.687. The van der Waals surface area contributed by atoms with Crippen LogP contribution in [0.2, 0.25) is 0 Å². The largest absolute Gasteiger partial charge is 0.496 e. The molecule has 94 valence electrons. The minimum absolute atomic E-state index is 0.0301. The Morgan fingerprint density at radius 1 is 1.47 bits per heavy atom. The maximum Gasteiger partial charge on any atom is 0.128 e. The lowest BCUT2D eigenvalue weighted by molar-refractivity contribution is 0.344. The molecule has 3 heteroatoms. The lowest BCUT2D eigenvalue weighted by Crippen LogP contribution is -2.22. The van der Waals surface area contributed by atoms with Gasteiger partial charge in [-0.05, 0) is 38.2 Å². The molecule has 0 saturated heterocycles. The van der Waals surface area contributed by atoms with Gasteiger partial charge in [0.15, 0.2) is 0 Å². The second-order valence-electron chi connectivity index (χ2n) is 5.02. The first-order chi connectivity index (χ1) is 8.06. The number of hydrogen-bond acceptors (Lipinski definition) is 2. The number of aryl methyl sites for hydroxylation is 1. The second-order valence-corrected chi connectivity index (χ2v) is 5.02. The van der Waals surface area contributed by atoms with Crippen molar-refractivity contribution in [3.63, 3.8) is 0 Å². The van der Waals surface area contributed by atoms with E-state index in [0.29, 0.717) is 11.3 Å². The average molecular weight is 237 g/mol. The second kappa shape index (κ2) is 4.65. The molecule has 0 amide bonds. The molecule has 1 fully saturated rings. The Hall–Kier alpha value is -1.09. The minimum Gasteiger partial charge on any atom is -0.496 e. The fourth-order valence-corrected chi connectivity index (χ4v) is 2.16. The summed E-state index contributed by atoms with van der Waals surface area (Å²) >= 11 is 0. The van der Waals surface area contributed by atoms with Gasteiger partial charge in [-0.1, -0.05) is 18.2 Å². The SMILES string of the molecule is COc1c(CCC2(N)CC2)cccc1C(C)F. The number of halogens is 1.